The zero-order valence-electron chi connectivity index (χ0n) is 20.5. The van der Waals surface area contributed by atoms with Crippen LogP contribution < -0.4 is 10.5 Å². The number of primary amides is 1. The van der Waals surface area contributed by atoms with Crippen LogP contribution in [0.4, 0.5) is 4.39 Å². The number of aliphatic hydroxyl groups is 1. The molecule has 1 amide bonds. The Balaban J connectivity index is 1.49. The average molecular weight is 500 g/mol. The van der Waals surface area contributed by atoms with E-state index in [0.717, 1.165) is 10.9 Å². The summed E-state index contributed by atoms with van der Waals surface area (Å²) < 4.78 is 19.4. The SMILES string of the molecule is C[C@](O)(CCC(=O)c1ccc2cccnc2c1)c1cc2c(c(-c3ccc(F)cc3)n1)OC[C@]2(C)C(N)=O. The predicted octanol–water partition coefficient (Wildman–Crippen LogP) is 4.44. The van der Waals surface area contributed by atoms with Crippen LogP contribution in [0.25, 0.3) is 22.2 Å². The van der Waals surface area contributed by atoms with Crippen molar-refractivity contribution in [1.82, 2.24) is 9.97 Å². The van der Waals surface area contributed by atoms with Crippen molar-refractivity contribution in [2.75, 3.05) is 6.61 Å². The number of amides is 1. The number of nitrogens with two attached hydrogens (primary N) is 1. The maximum absolute atomic E-state index is 13.6. The summed E-state index contributed by atoms with van der Waals surface area (Å²) in [6.07, 6.45) is 1.80. The highest BCUT2D eigenvalue weighted by Gasteiger charge is 2.45. The van der Waals surface area contributed by atoms with Gasteiger partial charge in [0.05, 0.1) is 11.2 Å². The Morgan fingerprint density at radius 1 is 1.16 bits per heavy atom. The smallest absolute Gasteiger partial charge is 0.231 e. The number of ketones is 1. The Labute approximate surface area is 213 Å². The third kappa shape index (κ3) is 4.44. The number of carbonyl (C=O) groups is 2. The topological polar surface area (TPSA) is 115 Å². The molecule has 3 N–H and O–H groups in total. The zero-order chi connectivity index (χ0) is 26.4. The molecule has 2 aromatic heterocycles. The Kier molecular flexibility index (Phi) is 6.00. The molecule has 0 bridgehead atoms. The monoisotopic (exact) mass is 499 g/mol. The van der Waals surface area contributed by atoms with Crippen LogP contribution in [0, 0.1) is 5.82 Å². The number of pyridine rings is 2. The number of hydrogen-bond acceptors (Lipinski definition) is 6. The van der Waals surface area contributed by atoms with Crippen LogP contribution in [-0.4, -0.2) is 33.4 Å². The number of rotatable bonds is 7. The predicted molar refractivity (Wildman–Crippen MR) is 137 cm³/mol. The molecule has 1 aliphatic rings. The van der Waals surface area contributed by atoms with Crippen LogP contribution in [-0.2, 0) is 15.8 Å². The molecule has 8 heteroatoms. The molecule has 7 nitrogen and oxygen atoms in total. The van der Waals surface area contributed by atoms with E-state index in [9.17, 15) is 19.1 Å². The summed E-state index contributed by atoms with van der Waals surface area (Å²) in [7, 11) is 0. The van der Waals surface area contributed by atoms with E-state index >= 15 is 0 Å². The Morgan fingerprint density at radius 2 is 1.92 bits per heavy atom. The molecule has 0 aliphatic carbocycles. The lowest BCUT2D eigenvalue weighted by atomic mass is 9.81. The third-order valence-corrected chi connectivity index (χ3v) is 7.05. The summed E-state index contributed by atoms with van der Waals surface area (Å²) >= 11 is 0. The first-order valence-corrected chi connectivity index (χ1v) is 11.9. The van der Waals surface area contributed by atoms with Gasteiger partial charge < -0.3 is 15.6 Å². The van der Waals surface area contributed by atoms with Crippen molar-refractivity contribution in [3.63, 3.8) is 0 Å². The van der Waals surface area contributed by atoms with E-state index in [4.69, 9.17) is 10.5 Å². The molecule has 0 fully saturated rings. The minimum absolute atomic E-state index is 0.0215. The van der Waals surface area contributed by atoms with Crippen molar-refractivity contribution >= 4 is 22.6 Å². The standard InChI is InChI=1S/C29H26FN3O4/c1-28(27(31)35)16-37-26-21(28)15-24(33-25(26)18-7-9-20(30)10-8-18)29(2,36)12-11-23(34)19-6-5-17-4-3-13-32-22(17)14-19/h3-10,13-15,36H,11-12,16H2,1-2H3,(H2,31,35)/t28-,29-/m0/s1. The molecule has 0 unspecified atom stereocenters. The fraction of sp³-hybridized carbons (Fsp3) is 0.241. The highest BCUT2D eigenvalue weighted by molar-refractivity contribution is 5.99. The molecule has 2 atom stereocenters. The highest BCUT2D eigenvalue weighted by Crippen LogP contribution is 2.46. The van der Waals surface area contributed by atoms with Gasteiger partial charge in [-0.25, -0.2) is 9.37 Å². The summed E-state index contributed by atoms with van der Waals surface area (Å²) in [6.45, 7) is 3.27. The molecule has 37 heavy (non-hydrogen) atoms. The first kappa shape index (κ1) is 24.5. The Bertz CT molecular complexity index is 1530. The number of benzene rings is 2. The van der Waals surface area contributed by atoms with Crippen LogP contribution in [0.5, 0.6) is 5.75 Å². The van der Waals surface area contributed by atoms with Crippen molar-refractivity contribution in [2.45, 2.75) is 37.7 Å². The van der Waals surface area contributed by atoms with E-state index in [0.29, 0.717) is 28.1 Å². The molecule has 3 heterocycles. The first-order chi connectivity index (χ1) is 17.6. The normalized spacial score (nSPS) is 18.2. The molecule has 0 saturated heterocycles. The molecule has 188 valence electrons. The number of carbonyl (C=O) groups excluding carboxylic acids is 2. The summed E-state index contributed by atoms with van der Waals surface area (Å²) in [4.78, 5) is 34.3. The maximum atomic E-state index is 13.6. The number of halogens is 1. The second-order valence-corrected chi connectivity index (χ2v) is 9.83. The van der Waals surface area contributed by atoms with Crippen LogP contribution in [0.1, 0.15) is 48.3 Å². The lowest BCUT2D eigenvalue weighted by Gasteiger charge is -2.26. The highest BCUT2D eigenvalue weighted by atomic mass is 19.1. The largest absolute Gasteiger partial charge is 0.489 e. The molecular weight excluding hydrogens is 473 g/mol. The fourth-order valence-corrected chi connectivity index (χ4v) is 4.54. The van der Waals surface area contributed by atoms with E-state index in [2.05, 4.69) is 9.97 Å². The Hall–Kier alpha value is -4.17. The van der Waals surface area contributed by atoms with Gasteiger partial charge in [0, 0.05) is 34.7 Å². The number of aromatic nitrogens is 2. The first-order valence-electron chi connectivity index (χ1n) is 11.9. The van der Waals surface area contributed by atoms with E-state index in [-0.39, 0.29) is 30.9 Å². The quantitative estimate of drug-likeness (QED) is 0.363. The average Bonchev–Trinajstić information content (AvgIpc) is 3.25. The maximum Gasteiger partial charge on any atom is 0.231 e. The summed E-state index contributed by atoms with van der Waals surface area (Å²) in [5.41, 5.74) is 5.97. The summed E-state index contributed by atoms with van der Waals surface area (Å²) in [6, 6.07) is 16.4. The van der Waals surface area contributed by atoms with Crippen LogP contribution in [0.2, 0.25) is 0 Å². The van der Waals surface area contributed by atoms with Gasteiger partial charge in [-0.2, -0.15) is 0 Å². The molecule has 1 aliphatic heterocycles. The molecule has 0 spiro atoms. The van der Waals surface area contributed by atoms with Crippen molar-refractivity contribution < 1.29 is 23.8 Å². The molecule has 0 radical (unpaired) electrons. The van der Waals surface area contributed by atoms with E-state index in [1.165, 1.54) is 12.1 Å². The lowest BCUT2D eigenvalue weighted by Crippen LogP contribution is -2.40. The molecule has 4 aromatic rings. The van der Waals surface area contributed by atoms with Crippen LogP contribution in [0.15, 0.2) is 66.9 Å². The van der Waals surface area contributed by atoms with Gasteiger partial charge in [-0.05, 0) is 62.7 Å². The van der Waals surface area contributed by atoms with Crippen molar-refractivity contribution in [1.29, 1.82) is 0 Å². The number of Topliss-reactive ketones (excluding diaryl/α,β-unsaturated/α-hetero) is 1. The van der Waals surface area contributed by atoms with Gasteiger partial charge in [0.1, 0.15) is 34.9 Å². The van der Waals surface area contributed by atoms with E-state index < -0.39 is 22.7 Å². The third-order valence-electron chi connectivity index (χ3n) is 7.05. The summed E-state index contributed by atoms with van der Waals surface area (Å²) in [5.74, 6) is -0.757. The summed E-state index contributed by atoms with van der Waals surface area (Å²) in [5, 5.41) is 12.4. The van der Waals surface area contributed by atoms with Gasteiger partial charge in [0.2, 0.25) is 5.91 Å². The second-order valence-electron chi connectivity index (χ2n) is 9.83. The number of ether oxygens (including phenoxy) is 1. The van der Waals surface area contributed by atoms with Gasteiger partial charge in [-0.15, -0.1) is 0 Å². The number of fused-ring (bicyclic) bond motifs is 2. The van der Waals surface area contributed by atoms with Crippen molar-refractivity contribution in [3.05, 3.63) is 89.5 Å². The molecule has 0 saturated carbocycles. The van der Waals surface area contributed by atoms with E-state index in [1.807, 2.05) is 18.2 Å². The van der Waals surface area contributed by atoms with Gasteiger partial charge in [0.25, 0.3) is 0 Å². The molecule has 5 rings (SSSR count). The molecular formula is C29H26FN3O4. The van der Waals surface area contributed by atoms with Gasteiger partial charge in [-0.1, -0.05) is 18.2 Å². The van der Waals surface area contributed by atoms with Crippen LogP contribution >= 0.6 is 0 Å². The van der Waals surface area contributed by atoms with E-state index in [1.54, 1.807) is 50.4 Å². The van der Waals surface area contributed by atoms with Gasteiger partial charge >= 0.3 is 0 Å². The van der Waals surface area contributed by atoms with Gasteiger partial charge in [0.15, 0.2) is 5.78 Å². The molecule has 2 aromatic carbocycles. The lowest BCUT2D eigenvalue weighted by molar-refractivity contribution is -0.123. The number of nitrogens with zero attached hydrogens (tertiary/aromatic N) is 2. The van der Waals surface area contributed by atoms with Crippen molar-refractivity contribution in [2.24, 2.45) is 5.73 Å². The second kappa shape index (κ2) is 9.05. The van der Waals surface area contributed by atoms with Gasteiger partial charge in [-0.3, -0.25) is 14.6 Å². The Morgan fingerprint density at radius 3 is 2.65 bits per heavy atom. The zero-order valence-corrected chi connectivity index (χ0v) is 20.5. The van der Waals surface area contributed by atoms with Crippen LogP contribution in [0.3, 0.4) is 0 Å². The van der Waals surface area contributed by atoms with Crippen molar-refractivity contribution in [3.8, 4) is 17.0 Å². The minimum Gasteiger partial charge on any atom is -0.489 e. The minimum atomic E-state index is -1.52. The number of hydrogen-bond donors (Lipinski definition) is 2. The fourth-order valence-electron chi connectivity index (χ4n) is 4.54.